The van der Waals surface area contributed by atoms with Crippen LogP contribution in [-0.4, -0.2) is 55.3 Å². The molecule has 2 atom stereocenters. The molecular formula is C32H35F2N3O5. The minimum absolute atomic E-state index is 0.121. The standard InChI is InChI=1S/C32H35F2N3O5/c1-19-30(20-7-10-24(33)25(34)15-20)42-31(39)37(19)18-26-22(9-12-28(35-26)36-13-6-14-36)23-16-21(8-11-27(23)40-4)32(2,3)17-29(38)41-5/h7-12,15-16,19,30H,6,13-14,17-18H2,1-5H3. The monoisotopic (exact) mass is 579 g/mol. The molecule has 222 valence electrons. The fourth-order valence-electron chi connectivity index (χ4n) is 5.46. The van der Waals surface area contributed by atoms with Gasteiger partial charge in [0.15, 0.2) is 11.6 Å². The molecule has 3 heterocycles. The van der Waals surface area contributed by atoms with Gasteiger partial charge in [0.2, 0.25) is 0 Å². The van der Waals surface area contributed by atoms with E-state index in [2.05, 4.69) is 4.90 Å². The minimum atomic E-state index is -0.998. The van der Waals surface area contributed by atoms with E-state index in [1.165, 1.54) is 13.2 Å². The lowest BCUT2D eigenvalue weighted by atomic mass is 9.80. The van der Waals surface area contributed by atoms with Gasteiger partial charge in [-0.1, -0.05) is 26.0 Å². The van der Waals surface area contributed by atoms with Crippen molar-refractivity contribution < 1.29 is 32.6 Å². The Morgan fingerprint density at radius 2 is 1.81 bits per heavy atom. The summed E-state index contributed by atoms with van der Waals surface area (Å²) in [5, 5.41) is 0. The van der Waals surface area contributed by atoms with Crippen LogP contribution in [0.15, 0.2) is 48.5 Å². The zero-order valence-corrected chi connectivity index (χ0v) is 24.4. The number of esters is 1. The van der Waals surface area contributed by atoms with Crippen molar-refractivity contribution in [1.82, 2.24) is 9.88 Å². The van der Waals surface area contributed by atoms with Crippen LogP contribution in [0.1, 0.15) is 56.5 Å². The summed E-state index contributed by atoms with van der Waals surface area (Å²) in [5.74, 6) is -0.851. The third-order valence-electron chi connectivity index (χ3n) is 8.21. The predicted octanol–water partition coefficient (Wildman–Crippen LogP) is 6.17. The fraction of sp³-hybridized carbons (Fsp3) is 0.406. The summed E-state index contributed by atoms with van der Waals surface area (Å²) in [6.45, 7) is 7.67. The van der Waals surface area contributed by atoms with E-state index in [0.717, 1.165) is 54.2 Å². The van der Waals surface area contributed by atoms with Crippen molar-refractivity contribution in [1.29, 1.82) is 0 Å². The maximum Gasteiger partial charge on any atom is 0.411 e. The van der Waals surface area contributed by atoms with Gasteiger partial charge in [-0.15, -0.1) is 0 Å². The van der Waals surface area contributed by atoms with Gasteiger partial charge in [-0.2, -0.15) is 0 Å². The van der Waals surface area contributed by atoms with Gasteiger partial charge in [-0.05, 0) is 60.9 Å². The number of benzene rings is 2. The van der Waals surface area contributed by atoms with Crippen LogP contribution in [0.4, 0.5) is 19.4 Å². The molecule has 0 spiro atoms. The lowest BCUT2D eigenvalue weighted by molar-refractivity contribution is -0.141. The van der Waals surface area contributed by atoms with Gasteiger partial charge in [0.25, 0.3) is 0 Å². The number of hydrogen-bond acceptors (Lipinski definition) is 7. The number of pyridine rings is 1. The first-order valence-corrected chi connectivity index (χ1v) is 13.9. The number of rotatable bonds is 9. The second-order valence-corrected chi connectivity index (χ2v) is 11.4. The van der Waals surface area contributed by atoms with E-state index in [9.17, 15) is 18.4 Å². The molecule has 42 heavy (non-hydrogen) atoms. The molecule has 2 fully saturated rings. The van der Waals surface area contributed by atoms with Crippen LogP contribution in [0.5, 0.6) is 5.75 Å². The molecule has 2 aromatic carbocycles. The normalized spacial score (nSPS) is 18.5. The second kappa shape index (κ2) is 11.6. The van der Waals surface area contributed by atoms with Gasteiger partial charge < -0.3 is 19.1 Å². The zero-order chi connectivity index (χ0) is 30.2. The molecule has 2 unspecified atom stereocenters. The van der Waals surface area contributed by atoms with E-state index in [4.69, 9.17) is 19.2 Å². The van der Waals surface area contributed by atoms with Gasteiger partial charge in [0.1, 0.15) is 17.7 Å². The van der Waals surface area contributed by atoms with E-state index in [0.29, 0.717) is 17.0 Å². The van der Waals surface area contributed by atoms with Crippen LogP contribution in [0, 0.1) is 11.6 Å². The number of amides is 1. The Bertz CT molecular complexity index is 1510. The number of anilines is 1. The van der Waals surface area contributed by atoms with E-state index in [1.807, 2.05) is 51.1 Å². The highest BCUT2D eigenvalue weighted by Crippen LogP contribution is 2.40. The Balaban J connectivity index is 1.54. The molecule has 1 amide bonds. The first-order valence-electron chi connectivity index (χ1n) is 13.9. The minimum Gasteiger partial charge on any atom is -0.496 e. The second-order valence-electron chi connectivity index (χ2n) is 11.4. The van der Waals surface area contributed by atoms with E-state index >= 15 is 0 Å². The number of cyclic esters (lactones) is 1. The molecule has 5 rings (SSSR count). The molecule has 8 nitrogen and oxygen atoms in total. The number of methoxy groups -OCH3 is 2. The summed E-state index contributed by atoms with van der Waals surface area (Å²) in [4.78, 5) is 34.0. The Kier molecular flexibility index (Phi) is 8.08. The van der Waals surface area contributed by atoms with E-state index in [-0.39, 0.29) is 18.9 Å². The van der Waals surface area contributed by atoms with Gasteiger partial charge in [0.05, 0.1) is 38.9 Å². The van der Waals surface area contributed by atoms with Crippen LogP contribution >= 0.6 is 0 Å². The molecule has 0 N–H and O–H groups in total. The highest BCUT2D eigenvalue weighted by Gasteiger charge is 2.40. The molecule has 10 heteroatoms. The van der Waals surface area contributed by atoms with Crippen molar-refractivity contribution in [3.63, 3.8) is 0 Å². The molecule has 0 saturated carbocycles. The summed E-state index contributed by atoms with van der Waals surface area (Å²) in [5.41, 5.74) is 2.93. The molecule has 1 aromatic heterocycles. The highest BCUT2D eigenvalue weighted by atomic mass is 19.2. The molecule has 2 saturated heterocycles. The third kappa shape index (κ3) is 5.62. The molecule has 0 aliphatic carbocycles. The van der Waals surface area contributed by atoms with Crippen LogP contribution < -0.4 is 9.64 Å². The van der Waals surface area contributed by atoms with Gasteiger partial charge in [-0.25, -0.2) is 18.6 Å². The first-order chi connectivity index (χ1) is 20.0. The van der Waals surface area contributed by atoms with Crippen LogP contribution in [0.25, 0.3) is 11.1 Å². The number of nitrogens with zero attached hydrogens (tertiary/aromatic N) is 3. The SMILES string of the molecule is COC(=O)CC(C)(C)c1ccc(OC)c(-c2ccc(N3CCC3)nc2CN2C(=O)OC(c3ccc(F)c(F)c3)C2C)c1. The summed E-state index contributed by atoms with van der Waals surface area (Å²) in [6.07, 6.45) is -0.0719. The van der Waals surface area contributed by atoms with Crippen molar-refractivity contribution in [2.24, 2.45) is 0 Å². The Hall–Kier alpha value is -4.21. The average molecular weight is 580 g/mol. The molecule has 0 radical (unpaired) electrons. The molecule has 0 bridgehead atoms. The fourth-order valence-corrected chi connectivity index (χ4v) is 5.46. The van der Waals surface area contributed by atoms with Gasteiger partial charge >= 0.3 is 12.1 Å². The summed E-state index contributed by atoms with van der Waals surface area (Å²) in [6, 6.07) is 12.8. The van der Waals surface area contributed by atoms with Crippen LogP contribution in [0.3, 0.4) is 0 Å². The van der Waals surface area contributed by atoms with Crippen LogP contribution in [-0.2, 0) is 26.2 Å². The molecule has 3 aromatic rings. The number of hydrogen-bond donors (Lipinski definition) is 0. The summed E-state index contributed by atoms with van der Waals surface area (Å²) >= 11 is 0. The summed E-state index contributed by atoms with van der Waals surface area (Å²) in [7, 11) is 2.96. The maximum absolute atomic E-state index is 14.0. The van der Waals surface area contributed by atoms with Crippen molar-refractivity contribution >= 4 is 17.9 Å². The average Bonchev–Trinajstić information content (AvgIpc) is 3.21. The van der Waals surface area contributed by atoms with Crippen molar-refractivity contribution in [3.8, 4) is 16.9 Å². The topological polar surface area (TPSA) is 81.2 Å². The summed E-state index contributed by atoms with van der Waals surface area (Å²) < 4.78 is 43.9. The van der Waals surface area contributed by atoms with Crippen molar-refractivity contribution in [3.05, 3.63) is 77.0 Å². The number of carbonyl (C=O) groups excluding carboxylic acids is 2. The highest BCUT2D eigenvalue weighted by molar-refractivity contribution is 5.77. The maximum atomic E-state index is 14.0. The van der Waals surface area contributed by atoms with Gasteiger partial charge in [0, 0.05) is 29.6 Å². The number of halogens is 2. The van der Waals surface area contributed by atoms with E-state index in [1.54, 1.807) is 12.0 Å². The Morgan fingerprint density at radius 3 is 2.45 bits per heavy atom. The number of carbonyl (C=O) groups is 2. The predicted molar refractivity (Wildman–Crippen MR) is 153 cm³/mol. The molecular weight excluding hydrogens is 544 g/mol. The van der Waals surface area contributed by atoms with Crippen molar-refractivity contribution in [2.75, 3.05) is 32.2 Å². The zero-order valence-electron chi connectivity index (χ0n) is 24.4. The quantitative estimate of drug-likeness (QED) is 0.281. The lowest BCUT2D eigenvalue weighted by Gasteiger charge is -2.33. The van der Waals surface area contributed by atoms with Crippen molar-refractivity contribution in [2.45, 2.75) is 57.7 Å². The van der Waals surface area contributed by atoms with Crippen LogP contribution in [0.2, 0.25) is 0 Å². The van der Waals surface area contributed by atoms with E-state index < -0.39 is 35.3 Å². The molecule has 2 aliphatic rings. The Labute approximate surface area is 244 Å². The smallest absolute Gasteiger partial charge is 0.411 e. The third-order valence-corrected chi connectivity index (χ3v) is 8.21. The Morgan fingerprint density at radius 1 is 1.05 bits per heavy atom. The molecule has 2 aliphatic heterocycles. The number of aromatic nitrogens is 1. The largest absolute Gasteiger partial charge is 0.496 e. The number of ether oxygens (including phenoxy) is 3. The first kappa shape index (κ1) is 29.3. The lowest BCUT2D eigenvalue weighted by Crippen LogP contribution is -2.38. The van der Waals surface area contributed by atoms with Gasteiger partial charge in [-0.3, -0.25) is 9.69 Å².